The molecule has 2 aromatic rings. The molecule has 1 heterocycles. The number of hydrogen-bond acceptors (Lipinski definition) is 5. The number of non-ortho nitro benzene ring substituents is 1. The molecule has 0 saturated heterocycles. The fraction of sp³-hybridized carbons (Fsp3) is 0.400. The van der Waals surface area contributed by atoms with E-state index in [1.165, 1.54) is 12.1 Å². The summed E-state index contributed by atoms with van der Waals surface area (Å²) in [6.45, 7) is 3.92. The van der Waals surface area contributed by atoms with E-state index in [0.717, 1.165) is 18.4 Å². The summed E-state index contributed by atoms with van der Waals surface area (Å²) in [5.74, 6) is -0.944. The van der Waals surface area contributed by atoms with Gasteiger partial charge in [0.05, 0.1) is 10.5 Å². The molecule has 2 aromatic carbocycles. The number of cyclic esters (lactones) is 1. The highest BCUT2D eigenvalue weighted by molar-refractivity contribution is 5.92. The lowest BCUT2D eigenvalue weighted by Gasteiger charge is -2.38. The molecule has 1 aliphatic rings. The van der Waals surface area contributed by atoms with Crippen LogP contribution in [0.15, 0.2) is 65.9 Å². The molecule has 6 heteroatoms. The minimum absolute atomic E-state index is 0.0381. The number of aliphatic hydroxyl groups excluding tert-OH is 1. The van der Waals surface area contributed by atoms with Gasteiger partial charge in [0.25, 0.3) is 5.69 Å². The fourth-order valence-corrected chi connectivity index (χ4v) is 4.49. The lowest BCUT2D eigenvalue weighted by atomic mass is 9.80. The number of carbonyl (C=O) groups excluding carboxylic acids is 1. The summed E-state index contributed by atoms with van der Waals surface area (Å²) in [5, 5.41) is 22.2. The summed E-state index contributed by atoms with van der Waals surface area (Å²) in [6, 6.07) is 16.2. The molecule has 0 fully saturated rings. The van der Waals surface area contributed by atoms with E-state index in [2.05, 4.69) is 0 Å². The zero-order valence-corrected chi connectivity index (χ0v) is 18.0. The van der Waals surface area contributed by atoms with Crippen LogP contribution in [-0.2, 0) is 16.0 Å². The summed E-state index contributed by atoms with van der Waals surface area (Å²) in [6.07, 6.45) is 3.64. The standard InChI is InChI=1S/C25H29NO5/c1-3-14-25(15-13-18-9-6-5-7-10-18)17-22(27)23(24(28)31-25)21(4-2)19-11-8-12-20(16-19)26(29)30/h5-12,16,21,27H,3-4,13-15,17H2,1-2H3/t21-,25?/m1/s1. The molecule has 0 saturated carbocycles. The van der Waals surface area contributed by atoms with E-state index >= 15 is 0 Å². The van der Waals surface area contributed by atoms with Gasteiger partial charge in [0.2, 0.25) is 0 Å². The molecule has 2 atom stereocenters. The first-order valence-electron chi connectivity index (χ1n) is 10.8. The molecule has 0 radical (unpaired) electrons. The number of ether oxygens (including phenoxy) is 1. The van der Waals surface area contributed by atoms with Crippen LogP contribution in [-0.4, -0.2) is 21.6 Å². The van der Waals surface area contributed by atoms with Gasteiger partial charge in [-0.2, -0.15) is 0 Å². The van der Waals surface area contributed by atoms with Gasteiger partial charge in [-0.3, -0.25) is 10.1 Å². The Hall–Kier alpha value is -3.15. The minimum Gasteiger partial charge on any atom is -0.512 e. The van der Waals surface area contributed by atoms with E-state index in [1.54, 1.807) is 12.1 Å². The Morgan fingerprint density at radius 1 is 1.13 bits per heavy atom. The molecule has 0 spiro atoms. The van der Waals surface area contributed by atoms with Crippen LogP contribution in [0.3, 0.4) is 0 Å². The van der Waals surface area contributed by atoms with Crippen LogP contribution in [0.5, 0.6) is 0 Å². The molecule has 1 unspecified atom stereocenters. The quantitative estimate of drug-likeness (QED) is 0.303. The van der Waals surface area contributed by atoms with Crippen LogP contribution in [0.25, 0.3) is 0 Å². The number of benzene rings is 2. The number of aliphatic hydroxyl groups is 1. The summed E-state index contributed by atoms with van der Waals surface area (Å²) in [7, 11) is 0. The molecule has 0 aliphatic carbocycles. The Kier molecular flexibility index (Phi) is 7.10. The third-order valence-electron chi connectivity index (χ3n) is 5.99. The predicted molar refractivity (Wildman–Crippen MR) is 119 cm³/mol. The van der Waals surface area contributed by atoms with Crippen LogP contribution in [0.2, 0.25) is 0 Å². The highest BCUT2D eigenvalue weighted by Gasteiger charge is 2.43. The summed E-state index contributed by atoms with van der Waals surface area (Å²) >= 11 is 0. The number of nitro benzene ring substituents is 1. The van der Waals surface area contributed by atoms with E-state index in [9.17, 15) is 20.0 Å². The van der Waals surface area contributed by atoms with E-state index in [1.807, 2.05) is 44.2 Å². The number of aryl methyl sites for hydroxylation is 1. The van der Waals surface area contributed by atoms with Gasteiger partial charge in [-0.15, -0.1) is 0 Å². The van der Waals surface area contributed by atoms with Crippen molar-refractivity contribution in [3.05, 3.63) is 87.2 Å². The van der Waals surface area contributed by atoms with Crippen molar-refractivity contribution in [2.75, 3.05) is 0 Å². The minimum atomic E-state index is -0.740. The lowest BCUT2D eigenvalue weighted by Crippen LogP contribution is -2.41. The Balaban J connectivity index is 1.89. The molecule has 1 aliphatic heterocycles. The van der Waals surface area contributed by atoms with Gasteiger partial charge in [-0.25, -0.2) is 4.79 Å². The SMILES string of the molecule is CCCC1(CCc2ccccc2)CC(O)=C([C@H](CC)c2cccc([N+](=O)[O-])c2)C(=O)O1. The number of hydrogen-bond donors (Lipinski definition) is 1. The van der Waals surface area contributed by atoms with E-state index < -0.39 is 22.4 Å². The Morgan fingerprint density at radius 2 is 1.87 bits per heavy atom. The largest absolute Gasteiger partial charge is 0.512 e. The first-order chi connectivity index (χ1) is 14.9. The van der Waals surface area contributed by atoms with Crippen molar-refractivity contribution in [3.63, 3.8) is 0 Å². The highest BCUT2D eigenvalue weighted by Crippen LogP contribution is 2.42. The maximum atomic E-state index is 13.1. The molecule has 6 nitrogen and oxygen atoms in total. The fourth-order valence-electron chi connectivity index (χ4n) is 4.49. The van der Waals surface area contributed by atoms with Crippen LogP contribution in [0.1, 0.15) is 63.0 Å². The molecule has 31 heavy (non-hydrogen) atoms. The van der Waals surface area contributed by atoms with Crippen molar-refractivity contribution in [2.45, 2.75) is 63.9 Å². The van der Waals surface area contributed by atoms with Crippen molar-refractivity contribution >= 4 is 11.7 Å². The van der Waals surface area contributed by atoms with Crippen LogP contribution in [0, 0.1) is 10.1 Å². The zero-order valence-electron chi connectivity index (χ0n) is 18.0. The lowest BCUT2D eigenvalue weighted by molar-refractivity contribution is -0.384. The second kappa shape index (κ2) is 9.77. The third kappa shape index (κ3) is 5.13. The smallest absolute Gasteiger partial charge is 0.338 e. The van der Waals surface area contributed by atoms with E-state index in [4.69, 9.17) is 4.74 Å². The van der Waals surface area contributed by atoms with E-state index in [0.29, 0.717) is 24.8 Å². The zero-order chi connectivity index (χ0) is 22.4. The van der Waals surface area contributed by atoms with Gasteiger partial charge in [0.15, 0.2) is 0 Å². The summed E-state index contributed by atoms with van der Waals surface area (Å²) in [5.41, 5.74) is 1.22. The molecule has 1 N–H and O–H groups in total. The second-order valence-electron chi connectivity index (χ2n) is 8.16. The van der Waals surface area contributed by atoms with Gasteiger partial charge < -0.3 is 9.84 Å². The first kappa shape index (κ1) is 22.5. The Labute approximate surface area is 182 Å². The van der Waals surface area contributed by atoms with Gasteiger partial charge in [-0.1, -0.05) is 62.7 Å². The van der Waals surface area contributed by atoms with Gasteiger partial charge in [0, 0.05) is 24.5 Å². The normalized spacial score (nSPS) is 19.7. The molecular formula is C25H29NO5. The van der Waals surface area contributed by atoms with Crippen molar-refractivity contribution < 1.29 is 19.6 Å². The predicted octanol–water partition coefficient (Wildman–Crippen LogP) is 6.02. The Morgan fingerprint density at radius 3 is 2.48 bits per heavy atom. The average Bonchev–Trinajstić information content (AvgIpc) is 2.76. The Bertz CT molecular complexity index is 969. The molecule has 0 aromatic heterocycles. The van der Waals surface area contributed by atoms with E-state index in [-0.39, 0.29) is 23.4 Å². The molecule has 0 amide bonds. The highest BCUT2D eigenvalue weighted by atomic mass is 16.6. The number of esters is 1. The van der Waals surface area contributed by atoms with Gasteiger partial charge in [-0.05, 0) is 36.8 Å². The van der Waals surface area contributed by atoms with Crippen LogP contribution >= 0.6 is 0 Å². The van der Waals surface area contributed by atoms with Crippen molar-refractivity contribution in [1.29, 1.82) is 0 Å². The summed E-state index contributed by atoms with van der Waals surface area (Å²) in [4.78, 5) is 23.8. The average molecular weight is 424 g/mol. The topological polar surface area (TPSA) is 89.7 Å². The number of rotatable bonds is 9. The van der Waals surface area contributed by atoms with Crippen LogP contribution in [0.4, 0.5) is 5.69 Å². The monoisotopic (exact) mass is 423 g/mol. The molecule has 164 valence electrons. The van der Waals surface area contributed by atoms with Gasteiger partial charge in [0.1, 0.15) is 11.4 Å². The second-order valence-corrected chi connectivity index (χ2v) is 8.16. The maximum Gasteiger partial charge on any atom is 0.338 e. The molecule has 0 bridgehead atoms. The van der Waals surface area contributed by atoms with Gasteiger partial charge >= 0.3 is 5.97 Å². The first-order valence-corrected chi connectivity index (χ1v) is 10.8. The van der Waals surface area contributed by atoms with Crippen molar-refractivity contribution in [2.24, 2.45) is 0 Å². The molecule has 3 rings (SSSR count). The summed E-state index contributed by atoms with van der Waals surface area (Å²) < 4.78 is 6.01. The van der Waals surface area contributed by atoms with Crippen molar-refractivity contribution in [1.82, 2.24) is 0 Å². The van der Waals surface area contributed by atoms with Crippen LogP contribution < -0.4 is 0 Å². The number of nitrogens with zero attached hydrogens (tertiary/aromatic N) is 1. The van der Waals surface area contributed by atoms with Crippen molar-refractivity contribution in [3.8, 4) is 0 Å². The maximum absolute atomic E-state index is 13.1. The number of nitro groups is 1. The third-order valence-corrected chi connectivity index (χ3v) is 5.99. The molecular weight excluding hydrogens is 394 g/mol. The number of carbonyl (C=O) groups is 1.